The SMILES string of the molecule is Cc1ccc(N)c(C(=O)OCc2ccc(N)cc2)c1C(=O)OCc1ccc(N)cc1. The van der Waals surface area contributed by atoms with E-state index in [9.17, 15) is 9.59 Å². The van der Waals surface area contributed by atoms with Crippen LogP contribution in [0.25, 0.3) is 0 Å². The van der Waals surface area contributed by atoms with E-state index in [0.29, 0.717) is 16.9 Å². The summed E-state index contributed by atoms with van der Waals surface area (Å²) in [4.78, 5) is 25.5. The topological polar surface area (TPSA) is 131 Å². The van der Waals surface area contributed by atoms with Gasteiger partial charge < -0.3 is 26.7 Å². The maximum Gasteiger partial charge on any atom is 0.341 e. The van der Waals surface area contributed by atoms with E-state index in [-0.39, 0.29) is 30.0 Å². The van der Waals surface area contributed by atoms with Gasteiger partial charge in [0.25, 0.3) is 0 Å². The van der Waals surface area contributed by atoms with Crippen LogP contribution in [0.3, 0.4) is 0 Å². The van der Waals surface area contributed by atoms with Crippen LogP contribution < -0.4 is 17.2 Å². The van der Waals surface area contributed by atoms with Gasteiger partial charge in [-0.2, -0.15) is 0 Å². The van der Waals surface area contributed by atoms with Gasteiger partial charge in [0.15, 0.2) is 0 Å². The number of carbonyl (C=O) groups is 2. The van der Waals surface area contributed by atoms with Crippen molar-refractivity contribution in [2.45, 2.75) is 20.1 Å². The number of rotatable bonds is 6. The van der Waals surface area contributed by atoms with E-state index < -0.39 is 11.9 Å². The summed E-state index contributed by atoms with van der Waals surface area (Å²) in [7, 11) is 0. The van der Waals surface area contributed by atoms with Crippen molar-refractivity contribution in [2.24, 2.45) is 0 Å². The number of hydrogen-bond acceptors (Lipinski definition) is 7. The average Bonchev–Trinajstić information content (AvgIpc) is 2.74. The average molecular weight is 405 g/mol. The van der Waals surface area contributed by atoms with Crippen molar-refractivity contribution in [3.8, 4) is 0 Å². The Kier molecular flexibility index (Phi) is 6.22. The molecule has 154 valence electrons. The zero-order valence-electron chi connectivity index (χ0n) is 16.6. The van der Waals surface area contributed by atoms with Crippen molar-refractivity contribution < 1.29 is 19.1 Å². The van der Waals surface area contributed by atoms with Gasteiger partial charge in [0.1, 0.15) is 13.2 Å². The highest BCUT2D eigenvalue weighted by Crippen LogP contribution is 2.24. The molecule has 3 aromatic carbocycles. The van der Waals surface area contributed by atoms with Gasteiger partial charge >= 0.3 is 11.9 Å². The Balaban J connectivity index is 1.77. The first kappa shape index (κ1) is 20.7. The fraction of sp³-hybridized carbons (Fsp3) is 0.130. The first-order valence-electron chi connectivity index (χ1n) is 9.27. The zero-order valence-corrected chi connectivity index (χ0v) is 16.6. The van der Waals surface area contributed by atoms with Crippen LogP contribution in [-0.4, -0.2) is 11.9 Å². The molecule has 0 saturated heterocycles. The molecule has 3 rings (SSSR count). The summed E-state index contributed by atoms with van der Waals surface area (Å²) in [6, 6.07) is 17.1. The molecule has 3 aromatic rings. The van der Waals surface area contributed by atoms with Gasteiger partial charge in [0.05, 0.1) is 11.1 Å². The lowest BCUT2D eigenvalue weighted by atomic mass is 10.00. The summed E-state index contributed by atoms with van der Waals surface area (Å²) in [6.45, 7) is 1.76. The van der Waals surface area contributed by atoms with Crippen LogP contribution in [-0.2, 0) is 22.7 Å². The minimum absolute atomic E-state index is 0.00671. The van der Waals surface area contributed by atoms with E-state index in [4.69, 9.17) is 26.7 Å². The van der Waals surface area contributed by atoms with Gasteiger partial charge in [-0.1, -0.05) is 30.3 Å². The monoisotopic (exact) mass is 405 g/mol. The summed E-state index contributed by atoms with van der Waals surface area (Å²) in [5.41, 5.74) is 20.9. The van der Waals surface area contributed by atoms with Crippen molar-refractivity contribution in [2.75, 3.05) is 17.2 Å². The molecular formula is C23H23N3O4. The maximum absolute atomic E-state index is 12.8. The number of ether oxygens (including phenoxy) is 2. The molecule has 0 aliphatic carbocycles. The van der Waals surface area contributed by atoms with Gasteiger partial charge in [0.2, 0.25) is 0 Å². The Morgan fingerprint density at radius 2 is 1.10 bits per heavy atom. The third kappa shape index (κ3) is 4.88. The van der Waals surface area contributed by atoms with Crippen LogP contribution in [0.1, 0.15) is 37.4 Å². The van der Waals surface area contributed by atoms with Gasteiger partial charge in [-0.15, -0.1) is 0 Å². The molecule has 0 unspecified atom stereocenters. The fourth-order valence-corrected chi connectivity index (χ4v) is 2.88. The molecular weight excluding hydrogens is 382 g/mol. The number of nitrogens with two attached hydrogens (primary N) is 3. The van der Waals surface area contributed by atoms with Crippen LogP contribution in [0, 0.1) is 6.92 Å². The van der Waals surface area contributed by atoms with Crippen molar-refractivity contribution in [1.82, 2.24) is 0 Å². The minimum atomic E-state index is -0.701. The van der Waals surface area contributed by atoms with Crippen molar-refractivity contribution in [1.29, 1.82) is 0 Å². The number of esters is 2. The molecule has 0 bridgehead atoms. The van der Waals surface area contributed by atoms with E-state index in [1.807, 2.05) is 0 Å². The molecule has 0 spiro atoms. The molecule has 6 N–H and O–H groups in total. The summed E-state index contributed by atoms with van der Waals surface area (Å²) < 4.78 is 10.8. The first-order chi connectivity index (χ1) is 14.3. The third-order valence-electron chi connectivity index (χ3n) is 4.55. The lowest BCUT2D eigenvalue weighted by molar-refractivity contribution is 0.0425. The molecule has 30 heavy (non-hydrogen) atoms. The molecule has 0 fully saturated rings. The maximum atomic E-state index is 12.8. The molecule has 0 aromatic heterocycles. The second-order valence-electron chi connectivity index (χ2n) is 6.86. The second-order valence-corrected chi connectivity index (χ2v) is 6.86. The van der Waals surface area contributed by atoms with Crippen LogP contribution in [0.5, 0.6) is 0 Å². The van der Waals surface area contributed by atoms with Crippen LogP contribution >= 0.6 is 0 Å². The predicted molar refractivity (Wildman–Crippen MR) is 116 cm³/mol. The molecule has 0 radical (unpaired) electrons. The number of nitrogen functional groups attached to an aromatic ring is 3. The lowest BCUT2D eigenvalue weighted by Gasteiger charge is -2.14. The van der Waals surface area contributed by atoms with E-state index >= 15 is 0 Å². The van der Waals surface area contributed by atoms with E-state index in [0.717, 1.165) is 11.1 Å². The van der Waals surface area contributed by atoms with Gasteiger partial charge in [0, 0.05) is 17.1 Å². The van der Waals surface area contributed by atoms with Gasteiger partial charge in [-0.05, 0) is 53.9 Å². The predicted octanol–water partition coefficient (Wildman–Crippen LogP) is 3.46. The van der Waals surface area contributed by atoms with E-state index in [1.54, 1.807) is 67.6 Å². The van der Waals surface area contributed by atoms with Crippen LogP contribution in [0.2, 0.25) is 0 Å². The number of hydrogen-bond donors (Lipinski definition) is 3. The Hall–Kier alpha value is -4.00. The first-order valence-corrected chi connectivity index (χ1v) is 9.27. The normalized spacial score (nSPS) is 10.4. The standard InChI is InChI=1S/C23H23N3O4/c1-14-2-11-19(26)21(23(28)30-13-16-5-9-18(25)10-6-16)20(14)22(27)29-12-15-3-7-17(24)8-4-15/h2-11H,12-13,24-26H2,1H3. The second kappa shape index (κ2) is 9.00. The summed E-state index contributed by atoms with van der Waals surface area (Å²) in [6.07, 6.45) is 0. The van der Waals surface area contributed by atoms with Crippen molar-refractivity contribution >= 4 is 29.0 Å². The van der Waals surface area contributed by atoms with Crippen molar-refractivity contribution in [3.05, 3.63) is 88.5 Å². The highest BCUT2D eigenvalue weighted by Gasteiger charge is 2.25. The third-order valence-corrected chi connectivity index (χ3v) is 4.55. The summed E-state index contributed by atoms with van der Waals surface area (Å²) in [5.74, 6) is -1.36. The smallest absolute Gasteiger partial charge is 0.341 e. The highest BCUT2D eigenvalue weighted by atomic mass is 16.5. The highest BCUT2D eigenvalue weighted by molar-refractivity contribution is 6.07. The molecule has 7 heteroatoms. The van der Waals surface area contributed by atoms with Gasteiger partial charge in [-0.25, -0.2) is 9.59 Å². The number of anilines is 3. The van der Waals surface area contributed by atoms with E-state index in [2.05, 4.69) is 0 Å². The Morgan fingerprint density at radius 3 is 1.57 bits per heavy atom. The molecule has 0 aliphatic heterocycles. The fourth-order valence-electron chi connectivity index (χ4n) is 2.88. The largest absolute Gasteiger partial charge is 0.457 e. The molecule has 7 nitrogen and oxygen atoms in total. The van der Waals surface area contributed by atoms with Gasteiger partial charge in [-0.3, -0.25) is 0 Å². The van der Waals surface area contributed by atoms with Crippen LogP contribution in [0.15, 0.2) is 60.7 Å². The Bertz CT molecular complexity index is 975. The van der Waals surface area contributed by atoms with Crippen molar-refractivity contribution in [3.63, 3.8) is 0 Å². The Labute approximate surface area is 174 Å². The summed E-state index contributed by atoms with van der Waals surface area (Å²) >= 11 is 0. The molecule has 0 saturated carbocycles. The minimum Gasteiger partial charge on any atom is -0.457 e. The molecule has 0 amide bonds. The van der Waals surface area contributed by atoms with E-state index in [1.165, 1.54) is 0 Å². The summed E-state index contributed by atoms with van der Waals surface area (Å²) in [5, 5.41) is 0. The Morgan fingerprint density at radius 1 is 0.667 bits per heavy atom. The quantitative estimate of drug-likeness (QED) is 0.423. The number of benzene rings is 3. The van der Waals surface area contributed by atoms with Crippen LogP contribution in [0.4, 0.5) is 17.1 Å². The molecule has 0 heterocycles. The molecule has 0 aliphatic rings. The zero-order chi connectivity index (χ0) is 21.7. The molecule has 0 atom stereocenters. The lowest BCUT2D eigenvalue weighted by Crippen LogP contribution is -2.18. The number of carbonyl (C=O) groups excluding carboxylic acids is 2. The number of aryl methyl sites for hydroxylation is 1.